The second-order valence-electron chi connectivity index (χ2n) is 2.82. The lowest BCUT2D eigenvalue weighted by Crippen LogP contribution is -1.77. The van der Waals surface area contributed by atoms with E-state index < -0.39 is 0 Å². The highest BCUT2D eigenvalue weighted by Gasteiger charge is 2.06. The van der Waals surface area contributed by atoms with Gasteiger partial charge in [0, 0.05) is 5.56 Å². The Balaban J connectivity index is 2.53. The first-order valence-electron chi connectivity index (χ1n) is 3.97. The number of benzene rings is 1. The molecule has 0 unspecified atom stereocenters. The van der Waals surface area contributed by atoms with Crippen molar-refractivity contribution in [2.24, 2.45) is 0 Å². The van der Waals surface area contributed by atoms with Crippen molar-refractivity contribution in [3.63, 3.8) is 0 Å². The minimum Gasteiger partial charge on any atom is -0.508 e. The predicted molar refractivity (Wildman–Crippen MR) is 48.3 cm³/mol. The highest BCUT2D eigenvalue weighted by molar-refractivity contribution is 5.61. The largest absolute Gasteiger partial charge is 0.508 e. The first-order valence-corrected chi connectivity index (χ1v) is 3.97. The van der Waals surface area contributed by atoms with Crippen LogP contribution in [0, 0.1) is 6.92 Å². The van der Waals surface area contributed by atoms with E-state index in [1.807, 2.05) is 13.0 Å². The summed E-state index contributed by atoms with van der Waals surface area (Å²) >= 11 is 0. The van der Waals surface area contributed by atoms with Crippen LogP contribution >= 0.6 is 0 Å². The Labute approximate surface area is 75.7 Å². The molecule has 2 aromatic rings. The van der Waals surface area contributed by atoms with E-state index in [2.05, 4.69) is 4.98 Å². The first-order chi connectivity index (χ1) is 6.27. The maximum absolute atomic E-state index is 9.24. The summed E-state index contributed by atoms with van der Waals surface area (Å²) in [5, 5.41) is 9.24. The van der Waals surface area contributed by atoms with E-state index in [9.17, 15) is 5.11 Å². The number of hydrogen-bond donors (Lipinski definition) is 1. The van der Waals surface area contributed by atoms with Crippen molar-refractivity contribution in [2.75, 3.05) is 0 Å². The molecule has 0 atom stereocenters. The van der Waals surface area contributed by atoms with Crippen LogP contribution in [0.4, 0.5) is 0 Å². The van der Waals surface area contributed by atoms with Crippen molar-refractivity contribution in [1.82, 2.24) is 4.98 Å². The van der Waals surface area contributed by atoms with E-state index in [-0.39, 0.29) is 5.75 Å². The quantitative estimate of drug-likeness (QED) is 0.723. The minimum atomic E-state index is 0.230. The molecule has 0 aliphatic carbocycles. The van der Waals surface area contributed by atoms with Crippen molar-refractivity contribution in [1.29, 1.82) is 0 Å². The molecule has 0 fully saturated rings. The Morgan fingerprint density at radius 2 is 2.23 bits per heavy atom. The van der Waals surface area contributed by atoms with E-state index in [1.165, 1.54) is 6.39 Å². The van der Waals surface area contributed by atoms with E-state index in [0.29, 0.717) is 5.76 Å². The van der Waals surface area contributed by atoms with E-state index in [1.54, 1.807) is 18.2 Å². The lowest BCUT2D eigenvalue weighted by molar-refractivity contribution is 0.475. The molecule has 0 bridgehead atoms. The molecule has 0 aliphatic heterocycles. The summed E-state index contributed by atoms with van der Waals surface area (Å²) in [4.78, 5) is 3.97. The third-order valence-electron chi connectivity index (χ3n) is 1.85. The maximum atomic E-state index is 9.24. The fraction of sp³-hybridized carbons (Fsp3) is 0.100. The lowest BCUT2D eigenvalue weighted by Gasteiger charge is -1.97. The molecule has 0 amide bonds. The molecule has 1 N–H and O–H groups in total. The normalized spacial score (nSPS) is 10.2. The number of rotatable bonds is 1. The number of aromatic hydroxyl groups is 1. The molecule has 0 saturated heterocycles. The SMILES string of the molecule is Cc1ncoc1-c1cccc(O)c1. The van der Waals surface area contributed by atoms with Gasteiger partial charge in [-0.15, -0.1) is 0 Å². The van der Waals surface area contributed by atoms with Gasteiger partial charge in [0.15, 0.2) is 12.2 Å². The van der Waals surface area contributed by atoms with Gasteiger partial charge < -0.3 is 9.52 Å². The zero-order chi connectivity index (χ0) is 9.26. The van der Waals surface area contributed by atoms with Crippen LogP contribution in [-0.4, -0.2) is 10.1 Å². The highest BCUT2D eigenvalue weighted by atomic mass is 16.3. The van der Waals surface area contributed by atoms with Crippen LogP contribution in [0.15, 0.2) is 35.1 Å². The number of nitrogens with zero attached hydrogens (tertiary/aromatic N) is 1. The van der Waals surface area contributed by atoms with Gasteiger partial charge in [-0.25, -0.2) is 4.98 Å². The zero-order valence-corrected chi connectivity index (χ0v) is 7.19. The molecule has 1 heterocycles. The van der Waals surface area contributed by atoms with Gasteiger partial charge in [-0.05, 0) is 19.1 Å². The summed E-state index contributed by atoms with van der Waals surface area (Å²) in [5.41, 5.74) is 1.67. The Kier molecular flexibility index (Phi) is 1.77. The standard InChI is InChI=1S/C10H9NO2/c1-7-10(13-6-11-7)8-3-2-4-9(12)5-8/h2-6,12H,1H3. The average Bonchev–Trinajstić information content (AvgIpc) is 2.51. The number of phenols is 1. The van der Waals surface area contributed by atoms with Crippen LogP contribution in [0.3, 0.4) is 0 Å². The molecule has 3 nitrogen and oxygen atoms in total. The predicted octanol–water partition coefficient (Wildman–Crippen LogP) is 2.36. The molecule has 1 aromatic carbocycles. The molecule has 3 heteroatoms. The van der Waals surface area contributed by atoms with Gasteiger partial charge in [-0.1, -0.05) is 12.1 Å². The minimum absolute atomic E-state index is 0.230. The molecule has 0 radical (unpaired) electrons. The summed E-state index contributed by atoms with van der Waals surface area (Å²) in [5.74, 6) is 0.934. The third-order valence-corrected chi connectivity index (χ3v) is 1.85. The zero-order valence-electron chi connectivity index (χ0n) is 7.19. The summed E-state index contributed by atoms with van der Waals surface area (Å²) < 4.78 is 5.18. The van der Waals surface area contributed by atoms with E-state index in [4.69, 9.17) is 4.42 Å². The molecule has 0 spiro atoms. The number of oxazole rings is 1. The van der Waals surface area contributed by atoms with Crippen LogP contribution < -0.4 is 0 Å². The van der Waals surface area contributed by atoms with Gasteiger partial charge in [0.25, 0.3) is 0 Å². The molecule has 13 heavy (non-hydrogen) atoms. The van der Waals surface area contributed by atoms with Gasteiger partial charge in [0.05, 0.1) is 5.69 Å². The van der Waals surface area contributed by atoms with Crippen LogP contribution in [0.25, 0.3) is 11.3 Å². The number of aryl methyl sites for hydroxylation is 1. The molecule has 66 valence electrons. The Morgan fingerprint density at radius 1 is 1.38 bits per heavy atom. The monoisotopic (exact) mass is 175 g/mol. The molecular weight excluding hydrogens is 166 g/mol. The molecule has 2 rings (SSSR count). The Bertz CT molecular complexity index is 420. The number of aromatic nitrogens is 1. The van der Waals surface area contributed by atoms with Crippen molar-refractivity contribution in [3.05, 3.63) is 36.4 Å². The van der Waals surface area contributed by atoms with Crippen LogP contribution in [0.5, 0.6) is 5.75 Å². The smallest absolute Gasteiger partial charge is 0.181 e. The lowest BCUT2D eigenvalue weighted by atomic mass is 10.1. The van der Waals surface area contributed by atoms with Gasteiger partial charge >= 0.3 is 0 Å². The molecule has 1 aromatic heterocycles. The van der Waals surface area contributed by atoms with Gasteiger partial charge in [-0.2, -0.15) is 0 Å². The van der Waals surface area contributed by atoms with Crippen LogP contribution in [0.1, 0.15) is 5.69 Å². The Hall–Kier alpha value is -1.77. The average molecular weight is 175 g/mol. The van der Waals surface area contributed by atoms with Gasteiger partial charge in [-0.3, -0.25) is 0 Å². The number of hydrogen-bond acceptors (Lipinski definition) is 3. The highest BCUT2D eigenvalue weighted by Crippen LogP contribution is 2.25. The van der Waals surface area contributed by atoms with E-state index in [0.717, 1.165) is 11.3 Å². The Morgan fingerprint density at radius 3 is 2.85 bits per heavy atom. The summed E-state index contributed by atoms with van der Waals surface area (Å²) in [7, 11) is 0. The fourth-order valence-electron chi connectivity index (χ4n) is 1.23. The van der Waals surface area contributed by atoms with Crippen molar-refractivity contribution in [2.45, 2.75) is 6.92 Å². The van der Waals surface area contributed by atoms with Crippen molar-refractivity contribution < 1.29 is 9.52 Å². The van der Waals surface area contributed by atoms with Gasteiger partial charge in [0.2, 0.25) is 0 Å². The van der Waals surface area contributed by atoms with Crippen LogP contribution in [0.2, 0.25) is 0 Å². The van der Waals surface area contributed by atoms with E-state index >= 15 is 0 Å². The van der Waals surface area contributed by atoms with Crippen molar-refractivity contribution >= 4 is 0 Å². The molecule has 0 aliphatic rings. The van der Waals surface area contributed by atoms with Crippen LogP contribution in [-0.2, 0) is 0 Å². The maximum Gasteiger partial charge on any atom is 0.181 e. The first kappa shape index (κ1) is 7.86. The van der Waals surface area contributed by atoms with Gasteiger partial charge in [0.1, 0.15) is 5.75 Å². The topological polar surface area (TPSA) is 46.3 Å². The molecule has 0 saturated carbocycles. The second-order valence-corrected chi connectivity index (χ2v) is 2.82. The summed E-state index contributed by atoms with van der Waals surface area (Å²) in [6.45, 7) is 1.86. The summed E-state index contributed by atoms with van der Waals surface area (Å²) in [6, 6.07) is 6.91. The molecular formula is C10H9NO2. The fourth-order valence-corrected chi connectivity index (χ4v) is 1.23. The second kappa shape index (κ2) is 2.94. The summed E-state index contributed by atoms with van der Waals surface area (Å²) in [6.07, 6.45) is 1.40. The van der Waals surface area contributed by atoms with Crippen molar-refractivity contribution in [3.8, 4) is 17.1 Å². The number of phenolic OH excluding ortho intramolecular Hbond substituents is 1. The third kappa shape index (κ3) is 1.40.